The summed E-state index contributed by atoms with van der Waals surface area (Å²) in [6.45, 7) is 9.61. The molecule has 2 aliphatic carbocycles. The maximum atomic E-state index is 13.5. The lowest BCUT2D eigenvalue weighted by Crippen LogP contribution is -3.00. The minimum atomic E-state index is -1.33. The van der Waals surface area contributed by atoms with Gasteiger partial charge in [-0.1, -0.05) is 13.8 Å². The number of ether oxygens (including phenoxy) is 4. The highest BCUT2D eigenvalue weighted by atomic mass is 127. The van der Waals surface area contributed by atoms with Crippen molar-refractivity contribution in [1.82, 2.24) is 0 Å². The molecule has 0 amide bonds. The Morgan fingerprint density at radius 2 is 1.73 bits per heavy atom. The van der Waals surface area contributed by atoms with E-state index in [2.05, 4.69) is 0 Å². The standard InChI is InChI=1S/C32H40NO10.HI/c1-17(34)39-16-31(5)23-14-25(41-19(3)36)32(6)28(30(23,4)11-10-24(31)40-18(2)35)27(37)26-22(43-32)13-21(42-29(26)38)20-9-8-12-33(7)15-20;/h8-9,12-13,15,23-25,27-28,37H,10-11,14,16H2,1-7H3;1H/q+1;/p-1/t23-,24+,25+,27+,28-,30+,31+,32-;/m1./s1. The van der Waals surface area contributed by atoms with E-state index < -0.39 is 64.2 Å². The topological polar surface area (TPSA) is 142 Å². The number of pyridine rings is 1. The van der Waals surface area contributed by atoms with Gasteiger partial charge in [-0.25, -0.2) is 9.36 Å². The molecule has 0 bridgehead atoms. The van der Waals surface area contributed by atoms with Crippen LogP contribution < -0.4 is 38.9 Å². The fourth-order valence-corrected chi connectivity index (χ4v) is 8.26. The Kier molecular flexibility index (Phi) is 9.29. The van der Waals surface area contributed by atoms with E-state index in [1.165, 1.54) is 20.8 Å². The molecule has 12 heteroatoms. The highest BCUT2D eigenvalue weighted by Crippen LogP contribution is 2.67. The van der Waals surface area contributed by atoms with Crippen LogP contribution in [0.15, 0.2) is 39.8 Å². The number of fused-ring (bicyclic) bond motifs is 4. The third kappa shape index (κ3) is 5.63. The van der Waals surface area contributed by atoms with E-state index in [0.29, 0.717) is 18.4 Å². The van der Waals surface area contributed by atoms with Crippen LogP contribution in [0.3, 0.4) is 0 Å². The SMILES string of the molecule is CC(=O)OC[C@@]1(C)[C@@H]2C[C@H](OC(C)=O)[C@@]3(C)Oc4cc(-c5ccc[n+](C)c5)oc(=O)c4[C@H](O)[C@@H]3[C@@]2(C)CC[C@@H]1OC(C)=O.[I-]. The van der Waals surface area contributed by atoms with E-state index in [-0.39, 0.29) is 60.0 Å². The molecule has 8 atom stereocenters. The van der Waals surface area contributed by atoms with E-state index in [1.54, 1.807) is 25.3 Å². The molecule has 0 aromatic carbocycles. The Bertz CT molecular complexity index is 1520. The van der Waals surface area contributed by atoms with Gasteiger partial charge in [0.25, 0.3) is 0 Å². The number of nitrogens with zero attached hydrogens (tertiary/aromatic N) is 1. The normalized spacial score (nSPS) is 33.7. The minimum Gasteiger partial charge on any atom is -1.00 e. The molecule has 3 aliphatic rings. The number of aliphatic hydroxyl groups is 1. The second-order valence-electron chi connectivity index (χ2n) is 13.0. The maximum Gasteiger partial charge on any atom is 0.345 e. The summed E-state index contributed by atoms with van der Waals surface area (Å²) in [4.78, 5) is 50.1. The number of aryl methyl sites for hydroxylation is 1. The number of hydrogen-bond acceptors (Lipinski definition) is 10. The minimum absolute atomic E-state index is 0. The number of halogens is 1. The zero-order valence-electron chi connectivity index (χ0n) is 26.0. The van der Waals surface area contributed by atoms with E-state index in [1.807, 2.05) is 37.7 Å². The molecule has 1 aliphatic heterocycles. The third-order valence-electron chi connectivity index (χ3n) is 10.0. The molecule has 2 aromatic heterocycles. The van der Waals surface area contributed by atoms with Crippen LogP contribution in [0, 0.1) is 22.7 Å². The van der Waals surface area contributed by atoms with Crippen LogP contribution in [0.2, 0.25) is 0 Å². The van der Waals surface area contributed by atoms with Crippen molar-refractivity contribution in [3.05, 3.63) is 46.6 Å². The summed E-state index contributed by atoms with van der Waals surface area (Å²) in [6, 6.07) is 5.21. The van der Waals surface area contributed by atoms with Gasteiger partial charge < -0.3 is 52.4 Å². The van der Waals surface area contributed by atoms with Crippen LogP contribution in [0.1, 0.15) is 72.5 Å². The lowest BCUT2D eigenvalue weighted by atomic mass is 9.42. The molecule has 44 heavy (non-hydrogen) atoms. The van der Waals surface area contributed by atoms with E-state index in [9.17, 15) is 24.3 Å². The van der Waals surface area contributed by atoms with E-state index in [4.69, 9.17) is 23.4 Å². The fraction of sp³-hybridized carbons (Fsp3) is 0.594. The number of aromatic nitrogens is 1. The average molecular weight is 726 g/mol. The van der Waals surface area contributed by atoms with Crippen molar-refractivity contribution in [3.63, 3.8) is 0 Å². The van der Waals surface area contributed by atoms with Crippen LogP contribution in [0.4, 0.5) is 0 Å². The van der Waals surface area contributed by atoms with Crippen LogP contribution in [-0.4, -0.2) is 47.4 Å². The van der Waals surface area contributed by atoms with Crippen LogP contribution in [0.5, 0.6) is 5.75 Å². The summed E-state index contributed by atoms with van der Waals surface area (Å²) in [6.07, 6.45) is 2.07. The molecule has 240 valence electrons. The second kappa shape index (κ2) is 12.1. The van der Waals surface area contributed by atoms with Crippen molar-refractivity contribution in [2.24, 2.45) is 29.7 Å². The van der Waals surface area contributed by atoms with Gasteiger partial charge in [0.2, 0.25) is 0 Å². The molecule has 5 rings (SSSR count). The first kappa shape index (κ1) is 33.9. The van der Waals surface area contributed by atoms with Crippen LogP contribution in [0.25, 0.3) is 11.3 Å². The zero-order chi connectivity index (χ0) is 31.5. The molecule has 0 radical (unpaired) electrons. The summed E-state index contributed by atoms with van der Waals surface area (Å²) < 4.78 is 31.4. The molecule has 2 aromatic rings. The highest BCUT2D eigenvalue weighted by molar-refractivity contribution is 5.67. The van der Waals surface area contributed by atoms with Crippen LogP contribution >= 0.6 is 0 Å². The molecule has 1 N–H and O–H groups in total. The first-order valence-corrected chi connectivity index (χ1v) is 14.6. The summed E-state index contributed by atoms with van der Waals surface area (Å²) in [5.74, 6) is -2.16. The van der Waals surface area contributed by atoms with Gasteiger partial charge in [0.05, 0.1) is 11.7 Å². The fourth-order valence-electron chi connectivity index (χ4n) is 8.26. The summed E-state index contributed by atoms with van der Waals surface area (Å²) >= 11 is 0. The lowest BCUT2D eigenvalue weighted by Gasteiger charge is -2.66. The Morgan fingerprint density at radius 1 is 1.07 bits per heavy atom. The van der Waals surface area contributed by atoms with Gasteiger partial charge >= 0.3 is 23.5 Å². The highest BCUT2D eigenvalue weighted by Gasteiger charge is 2.70. The molecular weight excluding hydrogens is 685 g/mol. The number of rotatable bonds is 5. The van der Waals surface area contributed by atoms with Gasteiger partial charge in [-0.2, -0.15) is 0 Å². The Morgan fingerprint density at radius 3 is 2.34 bits per heavy atom. The average Bonchev–Trinajstić information content (AvgIpc) is 2.89. The Hall–Kier alpha value is -3.00. The number of carbonyl (C=O) groups is 3. The summed E-state index contributed by atoms with van der Waals surface area (Å²) in [5, 5.41) is 12.1. The molecule has 0 unspecified atom stereocenters. The van der Waals surface area contributed by atoms with Gasteiger partial charge in [-0.15, -0.1) is 0 Å². The monoisotopic (exact) mass is 725 g/mol. The maximum absolute atomic E-state index is 13.5. The second-order valence-corrected chi connectivity index (χ2v) is 13.0. The largest absolute Gasteiger partial charge is 1.00 e. The van der Waals surface area contributed by atoms with Crippen molar-refractivity contribution < 1.29 is 71.4 Å². The Labute approximate surface area is 273 Å². The molecular formula is C32H40INO10. The van der Waals surface area contributed by atoms with Crippen molar-refractivity contribution in [2.45, 2.75) is 84.7 Å². The van der Waals surface area contributed by atoms with Crippen molar-refractivity contribution in [3.8, 4) is 17.1 Å². The molecule has 2 fully saturated rings. The first-order chi connectivity index (χ1) is 20.1. The van der Waals surface area contributed by atoms with Gasteiger partial charge in [-0.3, -0.25) is 14.4 Å². The number of carbonyl (C=O) groups excluding carboxylic acids is 3. The van der Waals surface area contributed by atoms with Crippen LogP contribution in [-0.2, 0) is 35.6 Å². The third-order valence-corrected chi connectivity index (χ3v) is 10.0. The number of hydrogen-bond donors (Lipinski definition) is 1. The van der Waals surface area contributed by atoms with Gasteiger partial charge in [-0.05, 0) is 43.6 Å². The van der Waals surface area contributed by atoms with Gasteiger partial charge in [0.1, 0.15) is 48.5 Å². The Balaban J connectivity index is 0.00000442. The molecule has 0 spiro atoms. The molecule has 2 saturated carbocycles. The van der Waals surface area contributed by atoms with Gasteiger partial charge in [0.15, 0.2) is 12.4 Å². The first-order valence-electron chi connectivity index (χ1n) is 14.6. The predicted octanol–water partition coefficient (Wildman–Crippen LogP) is 0.189. The molecule has 0 saturated heterocycles. The van der Waals surface area contributed by atoms with Crippen molar-refractivity contribution in [1.29, 1.82) is 0 Å². The quantitative estimate of drug-likeness (QED) is 0.197. The van der Waals surface area contributed by atoms with E-state index in [0.717, 1.165) is 0 Å². The molecule has 11 nitrogen and oxygen atoms in total. The smallest absolute Gasteiger partial charge is 0.345 e. The summed E-state index contributed by atoms with van der Waals surface area (Å²) in [5.41, 5.74) is -2.95. The zero-order valence-corrected chi connectivity index (χ0v) is 28.2. The van der Waals surface area contributed by atoms with Crippen molar-refractivity contribution >= 4 is 17.9 Å². The number of aliphatic hydroxyl groups excluding tert-OH is 1. The lowest BCUT2D eigenvalue weighted by molar-refractivity contribution is -0.671. The number of esters is 3. The predicted molar refractivity (Wildman–Crippen MR) is 150 cm³/mol. The van der Waals surface area contributed by atoms with Crippen molar-refractivity contribution in [2.75, 3.05) is 6.61 Å². The van der Waals surface area contributed by atoms with E-state index >= 15 is 0 Å². The van der Waals surface area contributed by atoms with Gasteiger partial charge in [0, 0.05) is 44.2 Å². The molecule has 3 heterocycles. The summed E-state index contributed by atoms with van der Waals surface area (Å²) in [7, 11) is 1.85.